The topological polar surface area (TPSA) is 66.0 Å². The summed E-state index contributed by atoms with van der Waals surface area (Å²) in [6.45, 7) is 1.36. The van der Waals surface area contributed by atoms with Crippen molar-refractivity contribution in [1.82, 2.24) is 5.32 Å². The molecular weight excluding hydrogens is 358 g/mol. The number of hydrogen-bond donors (Lipinski definition) is 1. The van der Waals surface area contributed by atoms with Crippen LogP contribution in [0.3, 0.4) is 0 Å². The maximum Gasteiger partial charge on any atom is 0.251 e. The maximum atomic E-state index is 12.7. The Labute approximate surface area is 164 Å². The molecule has 2 fully saturated rings. The summed E-state index contributed by atoms with van der Waals surface area (Å²) < 4.78 is 22.0. The van der Waals surface area contributed by atoms with E-state index in [4.69, 9.17) is 18.9 Å². The van der Waals surface area contributed by atoms with Crippen molar-refractivity contribution in [1.29, 1.82) is 0 Å². The molecule has 6 heteroatoms. The molecule has 1 aliphatic heterocycles. The number of carbonyl (C=O) groups is 1. The third-order valence-corrected chi connectivity index (χ3v) is 5.60. The van der Waals surface area contributed by atoms with Gasteiger partial charge in [-0.3, -0.25) is 4.79 Å². The molecule has 0 bridgehead atoms. The molecule has 0 unspecified atom stereocenters. The van der Waals surface area contributed by atoms with Crippen LogP contribution in [0.1, 0.15) is 16.8 Å². The number of benzene rings is 2. The normalized spacial score (nSPS) is 25.5. The van der Waals surface area contributed by atoms with Gasteiger partial charge in [-0.25, -0.2) is 0 Å². The molecule has 28 heavy (non-hydrogen) atoms. The molecule has 0 spiro atoms. The number of carbonyl (C=O) groups excluding carboxylic acids is 1. The molecule has 2 aromatic rings. The van der Waals surface area contributed by atoms with Crippen LogP contribution >= 0.6 is 0 Å². The number of amides is 1. The highest BCUT2D eigenvalue weighted by Gasteiger charge is 2.54. The van der Waals surface area contributed by atoms with Gasteiger partial charge in [0.15, 0.2) is 0 Å². The predicted molar refractivity (Wildman–Crippen MR) is 104 cm³/mol. The van der Waals surface area contributed by atoms with Gasteiger partial charge in [0.05, 0.1) is 19.8 Å². The van der Waals surface area contributed by atoms with E-state index in [0.717, 1.165) is 18.8 Å². The number of hydrogen-bond acceptors (Lipinski definition) is 5. The Balaban J connectivity index is 1.37. The Morgan fingerprint density at radius 1 is 1.04 bits per heavy atom. The maximum absolute atomic E-state index is 12.7. The van der Waals surface area contributed by atoms with Gasteiger partial charge in [0.25, 0.3) is 5.91 Å². The first-order valence-corrected chi connectivity index (χ1v) is 9.53. The van der Waals surface area contributed by atoms with Crippen LogP contribution in [-0.4, -0.2) is 45.5 Å². The third kappa shape index (κ3) is 3.70. The molecular formula is C22H25NO5. The zero-order valence-electron chi connectivity index (χ0n) is 16.1. The number of fused-ring (bicyclic) bond motifs is 1. The molecule has 4 atom stereocenters. The Hall–Kier alpha value is -2.57. The van der Waals surface area contributed by atoms with Crippen LogP contribution < -0.4 is 14.8 Å². The molecule has 1 saturated heterocycles. The number of rotatable bonds is 7. The fraction of sp³-hybridized carbons (Fsp3) is 0.409. The summed E-state index contributed by atoms with van der Waals surface area (Å²) in [5.74, 6) is 2.69. The standard InChI is InChI=1S/C22H25NO5/c1-25-13-19-20(18-11-12-27-21(18)19)23-22(24)14-3-5-16(6-4-14)28-17-9-7-15(26-2)8-10-17/h3-10,18-21H,11-13H2,1-2H3,(H,23,24)/t18-,19-,20-,21-/m1/s1. The Morgan fingerprint density at radius 2 is 1.68 bits per heavy atom. The Kier molecular flexibility index (Phi) is 5.50. The van der Waals surface area contributed by atoms with E-state index in [1.165, 1.54) is 0 Å². The monoisotopic (exact) mass is 383 g/mol. The second-order valence-corrected chi connectivity index (χ2v) is 7.21. The molecule has 1 aliphatic carbocycles. The van der Waals surface area contributed by atoms with Crippen LogP contribution in [0.5, 0.6) is 17.2 Å². The Bertz CT molecular complexity index is 805. The highest BCUT2D eigenvalue weighted by Crippen LogP contribution is 2.43. The number of methoxy groups -OCH3 is 2. The van der Waals surface area contributed by atoms with E-state index in [9.17, 15) is 4.79 Å². The minimum absolute atomic E-state index is 0.0764. The molecule has 2 aromatic carbocycles. The van der Waals surface area contributed by atoms with Crippen LogP contribution in [0.15, 0.2) is 48.5 Å². The smallest absolute Gasteiger partial charge is 0.251 e. The first-order valence-electron chi connectivity index (χ1n) is 9.53. The van der Waals surface area contributed by atoms with Crippen LogP contribution in [0, 0.1) is 11.8 Å². The summed E-state index contributed by atoms with van der Waals surface area (Å²) in [7, 11) is 3.31. The third-order valence-electron chi connectivity index (χ3n) is 5.60. The van der Waals surface area contributed by atoms with E-state index in [2.05, 4.69) is 5.32 Å². The quantitative estimate of drug-likeness (QED) is 0.795. The van der Waals surface area contributed by atoms with Gasteiger partial charge in [-0.1, -0.05) is 0 Å². The van der Waals surface area contributed by atoms with Gasteiger partial charge in [-0.2, -0.15) is 0 Å². The zero-order valence-corrected chi connectivity index (χ0v) is 16.1. The van der Waals surface area contributed by atoms with Crippen molar-refractivity contribution in [3.8, 4) is 17.2 Å². The van der Waals surface area contributed by atoms with E-state index < -0.39 is 0 Å². The lowest BCUT2D eigenvalue weighted by Crippen LogP contribution is -2.62. The first kappa shape index (κ1) is 18.8. The average molecular weight is 383 g/mol. The van der Waals surface area contributed by atoms with Crippen molar-refractivity contribution in [2.24, 2.45) is 11.8 Å². The number of ether oxygens (including phenoxy) is 4. The second kappa shape index (κ2) is 8.20. The molecule has 0 aromatic heterocycles. The fourth-order valence-corrected chi connectivity index (χ4v) is 4.12. The van der Waals surface area contributed by atoms with Crippen molar-refractivity contribution in [3.63, 3.8) is 0 Å². The molecule has 6 nitrogen and oxygen atoms in total. The van der Waals surface area contributed by atoms with E-state index in [0.29, 0.717) is 29.6 Å². The lowest BCUT2D eigenvalue weighted by atomic mass is 9.67. The summed E-state index contributed by atoms with van der Waals surface area (Å²) in [6, 6.07) is 14.6. The molecule has 2 aliphatic rings. The van der Waals surface area contributed by atoms with Crippen LogP contribution in [0.25, 0.3) is 0 Å². The summed E-state index contributed by atoms with van der Waals surface area (Å²) in [5, 5.41) is 3.17. The highest BCUT2D eigenvalue weighted by atomic mass is 16.5. The van der Waals surface area contributed by atoms with Crippen molar-refractivity contribution < 1.29 is 23.7 Å². The van der Waals surface area contributed by atoms with Gasteiger partial charge in [0.1, 0.15) is 17.2 Å². The predicted octanol–water partition coefficient (Wildman–Crippen LogP) is 3.27. The summed E-state index contributed by atoms with van der Waals surface area (Å²) in [4.78, 5) is 12.7. The largest absolute Gasteiger partial charge is 0.497 e. The lowest BCUT2D eigenvalue weighted by molar-refractivity contribution is -0.0809. The number of nitrogens with one attached hydrogen (secondary N) is 1. The lowest BCUT2D eigenvalue weighted by Gasteiger charge is -2.47. The molecule has 148 valence electrons. The van der Waals surface area contributed by atoms with Crippen molar-refractivity contribution in [2.45, 2.75) is 18.6 Å². The molecule has 1 heterocycles. The van der Waals surface area contributed by atoms with E-state index >= 15 is 0 Å². The molecule has 0 radical (unpaired) electrons. The van der Waals surface area contributed by atoms with Crippen LogP contribution in [0.4, 0.5) is 0 Å². The first-order chi connectivity index (χ1) is 13.7. The molecule has 1 saturated carbocycles. The highest BCUT2D eigenvalue weighted by molar-refractivity contribution is 5.94. The van der Waals surface area contributed by atoms with E-state index in [1.54, 1.807) is 38.5 Å². The summed E-state index contributed by atoms with van der Waals surface area (Å²) in [5.41, 5.74) is 0.612. The van der Waals surface area contributed by atoms with Gasteiger partial charge in [0.2, 0.25) is 0 Å². The van der Waals surface area contributed by atoms with Crippen molar-refractivity contribution in [3.05, 3.63) is 54.1 Å². The minimum atomic E-state index is -0.0764. The average Bonchev–Trinajstić information content (AvgIpc) is 3.15. The zero-order chi connectivity index (χ0) is 19.5. The van der Waals surface area contributed by atoms with Crippen molar-refractivity contribution in [2.75, 3.05) is 27.4 Å². The molecule has 1 amide bonds. The van der Waals surface area contributed by atoms with Crippen LogP contribution in [0.2, 0.25) is 0 Å². The minimum Gasteiger partial charge on any atom is -0.497 e. The summed E-state index contributed by atoms with van der Waals surface area (Å²) in [6.07, 6.45) is 1.20. The van der Waals surface area contributed by atoms with E-state index in [-0.39, 0.29) is 24.0 Å². The molecule has 4 rings (SSSR count). The summed E-state index contributed by atoms with van der Waals surface area (Å²) >= 11 is 0. The van der Waals surface area contributed by atoms with E-state index in [1.807, 2.05) is 24.3 Å². The SMILES string of the molecule is COC[C@@H]1[C@H](NC(=O)c2ccc(Oc3ccc(OC)cc3)cc2)[C@H]2CCO[C@H]21. The van der Waals surface area contributed by atoms with Gasteiger partial charge in [-0.15, -0.1) is 0 Å². The van der Waals surface area contributed by atoms with Gasteiger partial charge < -0.3 is 24.3 Å². The van der Waals surface area contributed by atoms with Gasteiger partial charge >= 0.3 is 0 Å². The van der Waals surface area contributed by atoms with Crippen LogP contribution in [-0.2, 0) is 9.47 Å². The fourth-order valence-electron chi connectivity index (χ4n) is 4.12. The van der Waals surface area contributed by atoms with Crippen molar-refractivity contribution >= 4 is 5.91 Å². The molecule has 1 N–H and O–H groups in total. The van der Waals surface area contributed by atoms with Gasteiger partial charge in [-0.05, 0) is 55.0 Å². The Morgan fingerprint density at radius 3 is 2.32 bits per heavy atom. The van der Waals surface area contributed by atoms with Gasteiger partial charge in [0, 0.05) is 37.2 Å². The second-order valence-electron chi connectivity index (χ2n) is 7.21.